The van der Waals surface area contributed by atoms with E-state index in [1.807, 2.05) is 19.9 Å². The Labute approximate surface area is 152 Å². The number of halogens is 1. The van der Waals surface area contributed by atoms with Crippen molar-refractivity contribution < 1.29 is 19.8 Å². The highest BCUT2D eigenvalue weighted by Gasteiger charge is 2.38. The summed E-state index contributed by atoms with van der Waals surface area (Å²) < 4.78 is 0. The first kappa shape index (κ1) is 19.3. The lowest BCUT2D eigenvalue weighted by molar-refractivity contribution is -0.124. The van der Waals surface area contributed by atoms with Crippen molar-refractivity contribution in [3.63, 3.8) is 0 Å². The van der Waals surface area contributed by atoms with Gasteiger partial charge in [-0.1, -0.05) is 31.5 Å². The fourth-order valence-corrected chi connectivity index (χ4v) is 3.87. The Morgan fingerprint density at radius 3 is 2.64 bits per heavy atom. The van der Waals surface area contributed by atoms with Crippen molar-refractivity contribution >= 4 is 23.8 Å². The van der Waals surface area contributed by atoms with Crippen LogP contribution in [0.1, 0.15) is 32.3 Å². The van der Waals surface area contributed by atoms with E-state index in [1.165, 1.54) is 12.1 Å². The molecule has 1 heterocycles. The van der Waals surface area contributed by atoms with Gasteiger partial charge in [0.15, 0.2) is 17.3 Å². The number of hydrogen-bond acceptors (Lipinski definition) is 4. The summed E-state index contributed by atoms with van der Waals surface area (Å²) in [5.41, 5.74) is 0.671. The van der Waals surface area contributed by atoms with E-state index in [2.05, 4.69) is 0 Å². The Balaban J connectivity index is 0.00000109. The number of allylic oxidation sites excluding steroid dienone is 1. The van der Waals surface area contributed by atoms with Crippen LogP contribution in [0.3, 0.4) is 0 Å². The van der Waals surface area contributed by atoms with Crippen molar-refractivity contribution in [2.75, 3.05) is 6.54 Å². The fourth-order valence-electron chi connectivity index (χ4n) is 3.64. The molecule has 0 radical (unpaired) electrons. The lowest BCUT2D eigenvalue weighted by atomic mass is 9.72. The van der Waals surface area contributed by atoms with Gasteiger partial charge in [0.05, 0.1) is 0 Å². The highest BCUT2D eigenvalue weighted by molar-refractivity contribution is 6.31. The predicted octanol–water partition coefficient (Wildman–Crippen LogP) is 3.31. The molecule has 2 N–H and O–H groups in total. The molecule has 1 aliphatic carbocycles. The van der Waals surface area contributed by atoms with Gasteiger partial charge in [-0.3, -0.25) is 9.59 Å². The van der Waals surface area contributed by atoms with E-state index in [9.17, 15) is 19.8 Å². The number of fused-ring (bicyclic) bond motifs is 1. The summed E-state index contributed by atoms with van der Waals surface area (Å²) in [4.78, 5) is 24.8. The molecule has 0 bridgehead atoms. The topological polar surface area (TPSA) is 77.8 Å². The summed E-state index contributed by atoms with van der Waals surface area (Å²) in [7, 11) is 0. The van der Waals surface area contributed by atoms with Gasteiger partial charge in [-0.2, -0.15) is 0 Å². The number of amides is 1. The van der Waals surface area contributed by atoms with Crippen molar-refractivity contribution in [2.45, 2.75) is 39.2 Å². The Morgan fingerprint density at radius 2 is 1.96 bits per heavy atom. The molecule has 1 aromatic carbocycles. The zero-order valence-electron chi connectivity index (χ0n) is 14.5. The van der Waals surface area contributed by atoms with Gasteiger partial charge in [0.25, 0.3) is 0 Å². The molecule has 6 heteroatoms. The van der Waals surface area contributed by atoms with Gasteiger partial charge in [0.1, 0.15) is 0 Å². The Hall–Kier alpha value is -2.01. The molecular formula is C19H24ClNO4. The van der Waals surface area contributed by atoms with Crippen LogP contribution < -0.4 is 0 Å². The van der Waals surface area contributed by atoms with E-state index in [4.69, 9.17) is 11.6 Å². The lowest BCUT2D eigenvalue weighted by Gasteiger charge is -2.44. The van der Waals surface area contributed by atoms with E-state index < -0.39 is 0 Å². The molecular weight excluding hydrogens is 342 g/mol. The number of nitrogens with zero attached hydrogens (tertiary/aromatic N) is 1. The third-order valence-electron chi connectivity index (χ3n) is 4.85. The first-order valence-electron chi connectivity index (χ1n) is 8.62. The second kappa shape index (κ2) is 8.39. The maximum atomic E-state index is 11.6. The van der Waals surface area contributed by atoms with Crippen molar-refractivity contribution in [3.05, 3.63) is 34.9 Å². The number of aromatic hydroxyl groups is 2. The lowest BCUT2D eigenvalue weighted by Crippen LogP contribution is -2.50. The van der Waals surface area contributed by atoms with Crippen molar-refractivity contribution in [1.82, 2.24) is 4.90 Å². The number of hydrogen-bond donors (Lipinski definition) is 2. The van der Waals surface area contributed by atoms with E-state index in [0.717, 1.165) is 12.8 Å². The molecule has 3 rings (SSSR count). The highest BCUT2D eigenvalue weighted by Crippen LogP contribution is 2.38. The standard InChI is InChI=1S/C17H18ClNO4.C2H6/c18-14-8-17(23)16(22)7-11(14)6-15-13-2-1-12(21)5-10(13)3-4-19(15)9-20;1-2/h1-2,7-10,13,15,22-23H,3-6H2;1-2H3/t10?,13?,15-;/m1./s1. The van der Waals surface area contributed by atoms with Crippen molar-refractivity contribution in [2.24, 2.45) is 11.8 Å². The largest absolute Gasteiger partial charge is 0.504 e. The Bertz CT molecular complexity index is 674. The number of benzene rings is 1. The zero-order valence-corrected chi connectivity index (χ0v) is 15.2. The molecule has 2 unspecified atom stereocenters. The third kappa shape index (κ3) is 4.15. The van der Waals surface area contributed by atoms with Crippen LogP contribution in [0.5, 0.6) is 11.5 Å². The van der Waals surface area contributed by atoms with E-state index in [1.54, 1.807) is 11.0 Å². The van der Waals surface area contributed by atoms with Gasteiger partial charge in [0.2, 0.25) is 6.41 Å². The van der Waals surface area contributed by atoms with Gasteiger partial charge < -0.3 is 15.1 Å². The van der Waals surface area contributed by atoms with E-state index in [0.29, 0.717) is 30.0 Å². The average Bonchev–Trinajstić information content (AvgIpc) is 2.61. The first-order valence-corrected chi connectivity index (χ1v) is 9.00. The molecule has 1 saturated heterocycles. The predicted molar refractivity (Wildman–Crippen MR) is 96.8 cm³/mol. The molecule has 136 valence electrons. The van der Waals surface area contributed by atoms with Crippen LogP contribution >= 0.6 is 11.6 Å². The number of likely N-dealkylation sites (tertiary alicyclic amines) is 1. The van der Waals surface area contributed by atoms with Gasteiger partial charge in [-0.15, -0.1) is 0 Å². The minimum absolute atomic E-state index is 0.0960. The SMILES string of the molecule is CC.O=CN1CCC2CC(=O)C=CC2[C@H]1Cc1cc(O)c(O)cc1Cl. The van der Waals surface area contributed by atoms with Gasteiger partial charge in [-0.25, -0.2) is 0 Å². The molecule has 1 aromatic rings. The summed E-state index contributed by atoms with van der Waals surface area (Å²) in [6, 6.07) is 2.62. The van der Waals surface area contributed by atoms with Crippen LogP contribution in [-0.4, -0.2) is 39.9 Å². The smallest absolute Gasteiger partial charge is 0.209 e. The first-order chi connectivity index (χ1) is 12.0. The average molecular weight is 366 g/mol. The highest BCUT2D eigenvalue weighted by atomic mass is 35.5. The molecule has 1 fully saturated rings. The van der Waals surface area contributed by atoms with Crippen LogP contribution in [0.4, 0.5) is 0 Å². The van der Waals surface area contributed by atoms with Gasteiger partial charge in [0, 0.05) is 36.0 Å². The molecule has 5 nitrogen and oxygen atoms in total. The molecule has 1 aliphatic heterocycles. The number of ketones is 1. The molecule has 2 aliphatic rings. The molecule has 0 spiro atoms. The maximum absolute atomic E-state index is 11.6. The van der Waals surface area contributed by atoms with Crippen molar-refractivity contribution in [3.8, 4) is 11.5 Å². The van der Waals surface area contributed by atoms with E-state index >= 15 is 0 Å². The second-order valence-corrected chi connectivity index (χ2v) is 6.61. The molecule has 0 saturated carbocycles. The van der Waals surface area contributed by atoms with Gasteiger partial charge in [-0.05, 0) is 36.5 Å². The van der Waals surface area contributed by atoms with Crippen molar-refractivity contribution in [1.29, 1.82) is 0 Å². The number of phenolic OH excluding ortho intramolecular Hbond substituents is 2. The summed E-state index contributed by atoms with van der Waals surface area (Å²) >= 11 is 6.16. The third-order valence-corrected chi connectivity index (χ3v) is 5.20. The number of phenols is 2. The second-order valence-electron chi connectivity index (χ2n) is 6.20. The number of carbonyl (C=O) groups excluding carboxylic acids is 2. The minimum atomic E-state index is -0.268. The minimum Gasteiger partial charge on any atom is -0.504 e. The number of carbonyl (C=O) groups is 2. The van der Waals surface area contributed by atoms with Gasteiger partial charge >= 0.3 is 0 Å². The Kier molecular flexibility index (Phi) is 6.48. The number of piperidine rings is 1. The molecule has 1 amide bonds. The molecule has 0 aromatic heterocycles. The normalized spacial score (nSPS) is 25.0. The quantitative estimate of drug-likeness (QED) is 0.636. The monoisotopic (exact) mass is 365 g/mol. The molecule has 25 heavy (non-hydrogen) atoms. The summed E-state index contributed by atoms with van der Waals surface area (Å²) in [6.45, 7) is 4.61. The van der Waals surface area contributed by atoms with E-state index in [-0.39, 0.29) is 35.2 Å². The van der Waals surface area contributed by atoms with Crippen LogP contribution in [-0.2, 0) is 16.0 Å². The summed E-state index contributed by atoms with van der Waals surface area (Å²) in [5.74, 6) is -0.0406. The summed E-state index contributed by atoms with van der Waals surface area (Å²) in [6.07, 6.45) is 6.11. The van der Waals surface area contributed by atoms with Crippen LogP contribution in [0.2, 0.25) is 5.02 Å². The van der Waals surface area contributed by atoms with Crippen LogP contribution in [0, 0.1) is 11.8 Å². The Morgan fingerprint density at radius 1 is 1.28 bits per heavy atom. The summed E-state index contributed by atoms with van der Waals surface area (Å²) in [5, 5.41) is 19.5. The maximum Gasteiger partial charge on any atom is 0.209 e. The van der Waals surface area contributed by atoms with Crippen LogP contribution in [0.25, 0.3) is 0 Å². The fraction of sp³-hybridized carbons (Fsp3) is 0.474. The zero-order chi connectivity index (χ0) is 18.6. The number of rotatable bonds is 3. The van der Waals surface area contributed by atoms with Crippen LogP contribution in [0.15, 0.2) is 24.3 Å². The molecule has 3 atom stereocenters.